The summed E-state index contributed by atoms with van der Waals surface area (Å²) in [7, 11) is 7.04. The molecule has 0 N–H and O–H groups in total. The summed E-state index contributed by atoms with van der Waals surface area (Å²) in [4.78, 5) is 7.00. The van der Waals surface area contributed by atoms with Gasteiger partial charge in [0.1, 0.15) is 17.1 Å². The average molecular weight is 366 g/mol. The number of aryl methyl sites for hydroxylation is 1. The Morgan fingerprint density at radius 3 is 2.33 bits per heavy atom. The van der Waals surface area contributed by atoms with Gasteiger partial charge < -0.3 is 19.1 Å². The Balaban J connectivity index is 1.81. The van der Waals surface area contributed by atoms with Crippen LogP contribution in [0.5, 0.6) is 17.2 Å². The number of nitrogens with zero attached hydrogens (tertiary/aromatic N) is 2. The van der Waals surface area contributed by atoms with Gasteiger partial charge in [0, 0.05) is 19.0 Å². The third-order valence-electron chi connectivity index (χ3n) is 4.79. The van der Waals surface area contributed by atoms with E-state index in [0.29, 0.717) is 0 Å². The van der Waals surface area contributed by atoms with Crippen molar-refractivity contribution in [1.82, 2.24) is 4.98 Å². The summed E-state index contributed by atoms with van der Waals surface area (Å²) in [5.74, 6) is 3.23. The van der Waals surface area contributed by atoms with Crippen LogP contribution in [-0.2, 0) is 6.42 Å². The third-order valence-corrected chi connectivity index (χ3v) is 4.79. The number of ether oxygens (including phenoxy) is 3. The Labute approximate surface area is 160 Å². The van der Waals surface area contributed by atoms with E-state index in [0.717, 1.165) is 46.9 Å². The van der Waals surface area contributed by atoms with Crippen LogP contribution >= 0.6 is 0 Å². The highest BCUT2D eigenvalue weighted by Crippen LogP contribution is 2.30. The molecule has 0 saturated heterocycles. The van der Waals surface area contributed by atoms with Gasteiger partial charge in [-0.1, -0.05) is 18.2 Å². The lowest BCUT2D eigenvalue weighted by Gasteiger charge is -2.20. The van der Waals surface area contributed by atoms with Crippen LogP contribution < -0.4 is 19.1 Å². The average Bonchev–Trinajstić information content (AvgIpc) is 2.71. The first-order chi connectivity index (χ1) is 13.1. The fourth-order valence-electron chi connectivity index (χ4n) is 3.18. The Kier molecular flexibility index (Phi) is 5.69. The van der Waals surface area contributed by atoms with E-state index < -0.39 is 0 Å². The monoisotopic (exact) mass is 366 g/mol. The van der Waals surface area contributed by atoms with Gasteiger partial charge >= 0.3 is 0 Å². The van der Waals surface area contributed by atoms with Crippen LogP contribution in [0.25, 0.3) is 10.9 Å². The van der Waals surface area contributed by atoms with Crippen molar-refractivity contribution < 1.29 is 14.2 Å². The minimum absolute atomic E-state index is 0.744. The normalized spacial score (nSPS) is 10.7. The van der Waals surface area contributed by atoms with Gasteiger partial charge in [0.05, 0.1) is 21.3 Å². The van der Waals surface area contributed by atoms with Crippen LogP contribution in [0.1, 0.15) is 11.1 Å². The first-order valence-electron chi connectivity index (χ1n) is 8.93. The number of anilines is 1. The van der Waals surface area contributed by atoms with E-state index in [1.165, 1.54) is 11.1 Å². The Morgan fingerprint density at radius 1 is 0.889 bits per heavy atom. The van der Waals surface area contributed by atoms with E-state index in [2.05, 4.69) is 37.1 Å². The second-order valence-corrected chi connectivity index (χ2v) is 6.51. The number of hydrogen-bond acceptors (Lipinski definition) is 5. The molecular formula is C22H26N2O3. The lowest BCUT2D eigenvalue weighted by molar-refractivity contribution is 0.354. The highest BCUT2D eigenvalue weighted by Gasteiger charge is 2.11. The van der Waals surface area contributed by atoms with E-state index in [-0.39, 0.29) is 0 Å². The molecule has 1 aromatic heterocycles. The van der Waals surface area contributed by atoms with Crippen LogP contribution in [0.3, 0.4) is 0 Å². The number of benzene rings is 2. The van der Waals surface area contributed by atoms with Crippen molar-refractivity contribution in [3.8, 4) is 17.2 Å². The number of fused-ring (bicyclic) bond motifs is 1. The van der Waals surface area contributed by atoms with Gasteiger partial charge in [-0.2, -0.15) is 0 Å². The van der Waals surface area contributed by atoms with E-state index in [9.17, 15) is 0 Å². The van der Waals surface area contributed by atoms with Gasteiger partial charge in [-0.3, -0.25) is 0 Å². The zero-order valence-corrected chi connectivity index (χ0v) is 16.6. The molecule has 3 rings (SSSR count). The number of aromatic nitrogens is 1. The van der Waals surface area contributed by atoms with Crippen molar-refractivity contribution in [1.29, 1.82) is 0 Å². The second-order valence-electron chi connectivity index (χ2n) is 6.51. The summed E-state index contributed by atoms with van der Waals surface area (Å²) in [6.45, 7) is 2.94. The minimum atomic E-state index is 0.744. The predicted octanol–water partition coefficient (Wildman–Crippen LogP) is 4.25. The summed E-state index contributed by atoms with van der Waals surface area (Å²) in [5, 5.41) is 1.12. The van der Waals surface area contributed by atoms with Crippen molar-refractivity contribution >= 4 is 16.7 Å². The fraction of sp³-hybridized carbons (Fsp3) is 0.318. The molecule has 1 heterocycles. The maximum Gasteiger partial charge on any atom is 0.160 e. The Morgan fingerprint density at radius 2 is 1.63 bits per heavy atom. The van der Waals surface area contributed by atoms with E-state index in [4.69, 9.17) is 19.2 Å². The van der Waals surface area contributed by atoms with Crippen LogP contribution in [0.4, 0.5) is 5.82 Å². The summed E-state index contributed by atoms with van der Waals surface area (Å²) < 4.78 is 16.2. The van der Waals surface area contributed by atoms with Gasteiger partial charge in [0.15, 0.2) is 11.5 Å². The molecular weight excluding hydrogens is 340 g/mol. The summed E-state index contributed by atoms with van der Waals surface area (Å²) in [5.41, 5.74) is 3.27. The molecule has 5 heteroatoms. The molecule has 2 aromatic carbocycles. The molecule has 0 aliphatic rings. The lowest BCUT2D eigenvalue weighted by atomic mass is 10.1. The van der Waals surface area contributed by atoms with E-state index >= 15 is 0 Å². The molecule has 3 aromatic rings. The number of likely N-dealkylation sites (N-methyl/N-ethyl adjacent to an activating group) is 1. The van der Waals surface area contributed by atoms with Crippen molar-refractivity contribution in [3.63, 3.8) is 0 Å². The second kappa shape index (κ2) is 8.16. The van der Waals surface area contributed by atoms with Gasteiger partial charge in [0.2, 0.25) is 0 Å². The van der Waals surface area contributed by atoms with Gasteiger partial charge in [-0.25, -0.2) is 4.98 Å². The van der Waals surface area contributed by atoms with Crippen molar-refractivity contribution in [2.24, 2.45) is 0 Å². The van der Waals surface area contributed by atoms with Crippen LogP contribution in [0, 0.1) is 6.92 Å². The van der Waals surface area contributed by atoms with Crippen molar-refractivity contribution in [3.05, 3.63) is 53.6 Å². The fourth-order valence-corrected chi connectivity index (χ4v) is 3.18. The highest BCUT2D eigenvalue weighted by atomic mass is 16.5. The van der Waals surface area contributed by atoms with E-state index in [1.54, 1.807) is 21.3 Å². The van der Waals surface area contributed by atoms with Crippen molar-refractivity contribution in [2.75, 3.05) is 39.8 Å². The smallest absolute Gasteiger partial charge is 0.160 e. The number of para-hydroxylation sites is 1. The topological polar surface area (TPSA) is 43.8 Å². The quantitative estimate of drug-likeness (QED) is 0.625. The van der Waals surface area contributed by atoms with Gasteiger partial charge in [0.25, 0.3) is 0 Å². The van der Waals surface area contributed by atoms with Crippen LogP contribution in [0.2, 0.25) is 0 Å². The largest absolute Gasteiger partial charge is 0.494 e. The molecule has 0 amide bonds. The zero-order chi connectivity index (χ0) is 19.4. The molecule has 0 bridgehead atoms. The molecule has 0 saturated carbocycles. The molecule has 0 spiro atoms. The number of hydrogen-bond donors (Lipinski definition) is 0. The first-order valence-corrected chi connectivity index (χ1v) is 8.93. The Bertz CT molecular complexity index is 940. The van der Waals surface area contributed by atoms with Crippen molar-refractivity contribution in [2.45, 2.75) is 13.3 Å². The van der Waals surface area contributed by atoms with E-state index in [1.807, 2.05) is 24.3 Å². The molecule has 5 nitrogen and oxygen atoms in total. The van der Waals surface area contributed by atoms with Gasteiger partial charge in [-0.15, -0.1) is 0 Å². The predicted molar refractivity (Wildman–Crippen MR) is 110 cm³/mol. The summed E-state index contributed by atoms with van der Waals surface area (Å²) in [6, 6.07) is 14.2. The third kappa shape index (κ3) is 3.92. The molecule has 0 aliphatic carbocycles. The molecule has 0 fully saturated rings. The maximum atomic E-state index is 5.49. The lowest BCUT2D eigenvalue weighted by Crippen LogP contribution is -2.21. The standard InChI is InChI=1S/C22H26N2O3/c1-15-13-21(23-22-17(15)7-6-8-19(22)26-4)24(2)12-11-16-9-10-18(25-3)20(14-16)27-5/h6-10,13-14H,11-12H2,1-5H3. The molecule has 0 radical (unpaired) electrons. The van der Waals surface area contributed by atoms with Crippen LogP contribution in [-0.4, -0.2) is 39.9 Å². The maximum absolute atomic E-state index is 5.49. The molecule has 0 atom stereocenters. The Hall–Kier alpha value is -2.95. The highest BCUT2D eigenvalue weighted by molar-refractivity contribution is 5.88. The summed E-state index contributed by atoms with van der Waals surface area (Å²) >= 11 is 0. The zero-order valence-electron chi connectivity index (χ0n) is 16.6. The molecule has 0 unspecified atom stereocenters. The number of pyridine rings is 1. The minimum Gasteiger partial charge on any atom is -0.494 e. The van der Waals surface area contributed by atoms with Crippen LogP contribution in [0.15, 0.2) is 42.5 Å². The number of methoxy groups -OCH3 is 3. The first kappa shape index (κ1) is 18.8. The van der Waals surface area contributed by atoms with Gasteiger partial charge in [-0.05, 0) is 48.7 Å². The molecule has 27 heavy (non-hydrogen) atoms. The molecule has 142 valence electrons. The molecule has 0 aliphatic heterocycles. The summed E-state index contributed by atoms with van der Waals surface area (Å²) in [6.07, 6.45) is 0.877. The SMILES string of the molecule is COc1ccc(CCN(C)c2cc(C)c3cccc(OC)c3n2)cc1OC. The number of rotatable bonds is 7.